The van der Waals surface area contributed by atoms with Crippen LogP contribution in [0.1, 0.15) is 11.1 Å². The zero-order valence-electron chi connectivity index (χ0n) is 16.5. The van der Waals surface area contributed by atoms with Gasteiger partial charge in [0, 0.05) is 29.3 Å². The van der Waals surface area contributed by atoms with Gasteiger partial charge < -0.3 is 20.9 Å². The molecule has 0 spiro atoms. The monoisotopic (exact) mass is 404 g/mol. The van der Waals surface area contributed by atoms with Gasteiger partial charge in [-0.2, -0.15) is 10.2 Å². The second-order valence-electron chi connectivity index (χ2n) is 6.51. The Labute approximate surface area is 172 Å². The predicted octanol–water partition coefficient (Wildman–Crippen LogP) is 2.10. The Morgan fingerprint density at radius 2 is 1.77 bits per heavy atom. The molecule has 0 aliphatic rings. The van der Waals surface area contributed by atoms with Crippen LogP contribution in [0.3, 0.4) is 0 Å². The van der Waals surface area contributed by atoms with E-state index in [1.807, 2.05) is 36.4 Å². The first-order valence-electron chi connectivity index (χ1n) is 9.05. The maximum Gasteiger partial charge on any atom is 0.221 e. The highest BCUT2D eigenvalue weighted by molar-refractivity contribution is 5.76. The van der Waals surface area contributed by atoms with Gasteiger partial charge in [0.2, 0.25) is 11.8 Å². The van der Waals surface area contributed by atoms with Gasteiger partial charge in [0.05, 0.1) is 14.2 Å². The van der Waals surface area contributed by atoms with Crippen molar-refractivity contribution in [1.29, 1.82) is 0 Å². The maximum atomic E-state index is 6.00. The summed E-state index contributed by atoms with van der Waals surface area (Å²) >= 11 is 0. The van der Waals surface area contributed by atoms with Crippen LogP contribution in [0.2, 0.25) is 0 Å². The summed E-state index contributed by atoms with van der Waals surface area (Å²) in [5.41, 5.74) is 16.0. The van der Waals surface area contributed by atoms with E-state index < -0.39 is 0 Å². The molecule has 0 saturated carbocycles. The van der Waals surface area contributed by atoms with Gasteiger partial charge in [0.25, 0.3) is 0 Å². The summed E-state index contributed by atoms with van der Waals surface area (Å²) in [7, 11) is 3.21. The average Bonchev–Trinajstić information content (AvgIpc) is 3.30. The van der Waals surface area contributed by atoms with Crippen LogP contribution in [0.15, 0.2) is 42.6 Å². The largest absolute Gasteiger partial charge is 0.493 e. The van der Waals surface area contributed by atoms with Gasteiger partial charge in [-0.15, -0.1) is 10.2 Å². The maximum absolute atomic E-state index is 6.00. The standard InChI is InChI=1S/C20H20N8O2/c1-29-16-9-11(7-14-10-23-20(22)24-18(14)21)8-15(17(16)30-2)12-3-5-13(6-4-12)19-25-27-28-26-19/h3-6,8-10H,7H2,1-2H3,(H4,21,22,23,24)(H,25,26,27,28). The van der Waals surface area contributed by atoms with Gasteiger partial charge in [-0.3, -0.25) is 0 Å². The second kappa shape index (κ2) is 8.03. The van der Waals surface area contributed by atoms with Crippen LogP contribution in [-0.2, 0) is 6.42 Å². The summed E-state index contributed by atoms with van der Waals surface area (Å²) in [6.07, 6.45) is 2.15. The van der Waals surface area contributed by atoms with Gasteiger partial charge in [-0.25, -0.2) is 4.98 Å². The highest BCUT2D eigenvalue weighted by atomic mass is 16.5. The Morgan fingerprint density at radius 3 is 2.40 bits per heavy atom. The number of tetrazole rings is 1. The molecule has 0 atom stereocenters. The predicted molar refractivity (Wildman–Crippen MR) is 112 cm³/mol. The van der Waals surface area contributed by atoms with Gasteiger partial charge in [-0.1, -0.05) is 24.3 Å². The average molecular weight is 404 g/mol. The molecule has 4 rings (SSSR count). The third-order valence-corrected chi connectivity index (χ3v) is 4.65. The number of nitrogens with two attached hydrogens (primary N) is 2. The number of nitrogen functional groups attached to an aromatic ring is 2. The van der Waals surface area contributed by atoms with Crippen LogP contribution in [-0.4, -0.2) is 44.8 Å². The fourth-order valence-corrected chi connectivity index (χ4v) is 3.21. The van der Waals surface area contributed by atoms with Crippen molar-refractivity contribution in [2.45, 2.75) is 6.42 Å². The number of aromatic nitrogens is 6. The number of hydrogen-bond donors (Lipinski definition) is 3. The molecular weight excluding hydrogens is 384 g/mol. The number of methoxy groups -OCH3 is 2. The molecule has 0 aliphatic heterocycles. The summed E-state index contributed by atoms with van der Waals surface area (Å²) in [6.45, 7) is 0. The second-order valence-corrected chi connectivity index (χ2v) is 6.51. The van der Waals surface area contributed by atoms with Gasteiger partial charge in [0.15, 0.2) is 11.5 Å². The number of H-pyrrole nitrogens is 1. The van der Waals surface area contributed by atoms with Crippen molar-refractivity contribution in [2.75, 3.05) is 25.7 Å². The fourth-order valence-electron chi connectivity index (χ4n) is 3.21. The molecule has 2 aromatic carbocycles. The number of benzene rings is 2. The number of hydrogen-bond acceptors (Lipinski definition) is 9. The lowest BCUT2D eigenvalue weighted by atomic mass is 9.97. The van der Waals surface area contributed by atoms with E-state index >= 15 is 0 Å². The molecule has 0 fully saturated rings. The lowest BCUT2D eigenvalue weighted by molar-refractivity contribution is 0.356. The molecule has 5 N–H and O–H groups in total. The van der Waals surface area contributed by atoms with Crippen LogP contribution in [0.5, 0.6) is 11.5 Å². The normalized spacial score (nSPS) is 10.7. The summed E-state index contributed by atoms with van der Waals surface area (Å²) in [5.74, 6) is 2.27. The number of nitrogens with zero attached hydrogens (tertiary/aromatic N) is 5. The van der Waals surface area contributed by atoms with E-state index in [4.69, 9.17) is 20.9 Å². The molecule has 0 aliphatic carbocycles. The van der Waals surface area contributed by atoms with Crippen LogP contribution < -0.4 is 20.9 Å². The molecule has 2 aromatic heterocycles. The van der Waals surface area contributed by atoms with Crippen molar-refractivity contribution in [3.05, 3.63) is 53.7 Å². The fraction of sp³-hybridized carbons (Fsp3) is 0.150. The Bertz CT molecular complexity index is 1160. The van der Waals surface area contributed by atoms with E-state index in [9.17, 15) is 0 Å². The molecule has 4 aromatic rings. The van der Waals surface area contributed by atoms with Crippen LogP contribution in [0.4, 0.5) is 11.8 Å². The molecule has 10 nitrogen and oxygen atoms in total. The van der Waals surface area contributed by atoms with E-state index in [2.05, 4.69) is 30.6 Å². The summed E-state index contributed by atoms with van der Waals surface area (Å²) in [4.78, 5) is 8.07. The van der Waals surface area contributed by atoms with Crippen molar-refractivity contribution in [3.8, 4) is 34.0 Å². The van der Waals surface area contributed by atoms with Gasteiger partial charge >= 0.3 is 0 Å². The molecule has 0 bridgehead atoms. The summed E-state index contributed by atoms with van der Waals surface area (Å²) < 4.78 is 11.2. The van der Waals surface area contributed by atoms with Crippen LogP contribution in [0, 0.1) is 0 Å². The summed E-state index contributed by atoms with van der Waals surface area (Å²) in [5, 5.41) is 14.0. The number of ether oxygens (including phenoxy) is 2. The lowest BCUT2D eigenvalue weighted by Crippen LogP contribution is -2.04. The quantitative estimate of drug-likeness (QED) is 0.439. The molecule has 0 unspecified atom stereocenters. The van der Waals surface area contributed by atoms with Crippen molar-refractivity contribution >= 4 is 11.8 Å². The zero-order valence-corrected chi connectivity index (χ0v) is 16.5. The molecular formula is C20H20N8O2. The first-order valence-corrected chi connectivity index (χ1v) is 9.05. The molecule has 2 heterocycles. The van der Waals surface area contributed by atoms with E-state index in [0.29, 0.717) is 29.6 Å². The summed E-state index contributed by atoms with van der Waals surface area (Å²) in [6, 6.07) is 11.7. The minimum atomic E-state index is 0.144. The molecule has 0 amide bonds. The van der Waals surface area contributed by atoms with Crippen LogP contribution >= 0.6 is 0 Å². The smallest absolute Gasteiger partial charge is 0.221 e. The first-order chi connectivity index (χ1) is 14.6. The third kappa shape index (κ3) is 3.70. The van der Waals surface area contributed by atoms with Crippen molar-refractivity contribution in [2.24, 2.45) is 0 Å². The Balaban J connectivity index is 1.75. The van der Waals surface area contributed by atoms with Gasteiger partial charge in [-0.05, 0) is 28.5 Å². The highest BCUT2D eigenvalue weighted by Crippen LogP contribution is 2.40. The topological polar surface area (TPSA) is 151 Å². The SMILES string of the molecule is COc1cc(Cc2cnc(N)nc2N)cc(-c2ccc(-c3nn[nH]n3)cc2)c1OC. The molecule has 0 radical (unpaired) electrons. The molecule has 30 heavy (non-hydrogen) atoms. The Kier molecular flexibility index (Phi) is 5.12. The molecule has 0 saturated heterocycles. The Hall–Kier alpha value is -4.21. The highest BCUT2D eigenvalue weighted by Gasteiger charge is 2.16. The first kappa shape index (κ1) is 19.1. The van der Waals surface area contributed by atoms with Gasteiger partial charge in [0.1, 0.15) is 5.82 Å². The van der Waals surface area contributed by atoms with Crippen molar-refractivity contribution < 1.29 is 9.47 Å². The van der Waals surface area contributed by atoms with E-state index in [1.165, 1.54) is 0 Å². The lowest BCUT2D eigenvalue weighted by Gasteiger charge is -2.16. The molecule has 152 valence electrons. The number of nitrogens with one attached hydrogen (secondary N) is 1. The Morgan fingerprint density at radius 1 is 1.00 bits per heavy atom. The zero-order chi connectivity index (χ0) is 21.1. The number of anilines is 2. The number of aromatic amines is 1. The number of rotatable bonds is 6. The third-order valence-electron chi connectivity index (χ3n) is 4.65. The van der Waals surface area contributed by atoms with Crippen molar-refractivity contribution in [3.63, 3.8) is 0 Å². The molecule has 10 heteroatoms. The van der Waals surface area contributed by atoms with E-state index in [0.717, 1.165) is 27.8 Å². The van der Waals surface area contributed by atoms with E-state index in [1.54, 1.807) is 20.4 Å². The van der Waals surface area contributed by atoms with E-state index in [-0.39, 0.29) is 5.95 Å². The van der Waals surface area contributed by atoms with Crippen LogP contribution in [0.25, 0.3) is 22.5 Å². The minimum absolute atomic E-state index is 0.144. The minimum Gasteiger partial charge on any atom is -0.493 e. The van der Waals surface area contributed by atoms with Crippen molar-refractivity contribution in [1.82, 2.24) is 30.6 Å².